The summed E-state index contributed by atoms with van der Waals surface area (Å²) < 4.78 is 5.51. The predicted molar refractivity (Wildman–Crippen MR) is 88.1 cm³/mol. The molecule has 0 bridgehead atoms. The zero-order valence-corrected chi connectivity index (χ0v) is 14.0. The van der Waals surface area contributed by atoms with E-state index in [0.717, 1.165) is 11.7 Å². The maximum atomic E-state index is 5.51. The van der Waals surface area contributed by atoms with Crippen molar-refractivity contribution < 1.29 is 4.74 Å². The van der Waals surface area contributed by atoms with Crippen molar-refractivity contribution in [2.75, 3.05) is 20.7 Å². The molecule has 1 saturated heterocycles. The number of ether oxygens (including phenoxy) is 1. The van der Waals surface area contributed by atoms with Gasteiger partial charge < -0.3 is 9.64 Å². The summed E-state index contributed by atoms with van der Waals surface area (Å²) in [6.07, 6.45) is 6.80. The molecular weight excluding hydrogens is 258 g/mol. The van der Waals surface area contributed by atoms with E-state index in [1.807, 2.05) is 0 Å². The highest BCUT2D eigenvalue weighted by atomic mass is 16.5. The molecule has 1 aromatic rings. The van der Waals surface area contributed by atoms with E-state index >= 15 is 0 Å². The highest BCUT2D eigenvalue weighted by Gasteiger charge is 2.48. The summed E-state index contributed by atoms with van der Waals surface area (Å²) >= 11 is 0. The van der Waals surface area contributed by atoms with Crippen LogP contribution in [-0.2, 0) is 5.41 Å². The quantitative estimate of drug-likeness (QED) is 0.810. The normalized spacial score (nSPS) is 33.5. The van der Waals surface area contributed by atoms with Crippen molar-refractivity contribution in [3.05, 3.63) is 29.3 Å². The molecular formula is C19H29NO. The van der Waals surface area contributed by atoms with Crippen molar-refractivity contribution in [2.24, 2.45) is 5.92 Å². The number of benzene rings is 1. The largest absolute Gasteiger partial charge is 0.497 e. The third kappa shape index (κ3) is 2.38. The molecule has 0 N–H and O–H groups in total. The average molecular weight is 287 g/mol. The molecule has 0 aromatic heterocycles. The maximum absolute atomic E-state index is 5.51. The van der Waals surface area contributed by atoms with E-state index in [-0.39, 0.29) is 0 Å². The SMILES string of the molecule is COc1ccc(C)c([C@@]23CCCC[C@H]2C(C)N(C)CC3)c1. The Morgan fingerprint density at radius 2 is 2.05 bits per heavy atom. The van der Waals surface area contributed by atoms with Crippen LogP contribution in [0.2, 0.25) is 0 Å². The molecule has 21 heavy (non-hydrogen) atoms. The molecule has 3 rings (SSSR count). The molecule has 0 radical (unpaired) electrons. The highest BCUT2D eigenvalue weighted by Crippen LogP contribution is 2.52. The van der Waals surface area contributed by atoms with Gasteiger partial charge in [0, 0.05) is 11.5 Å². The second-order valence-electron chi connectivity index (χ2n) is 7.16. The van der Waals surface area contributed by atoms with Crippen molar-refractivity contribution >= 4 is 0 Å². The minimum Gasteiger partial charge on any atom is -0.497 e. The van der Waals surface area contributed by atoms with Crippen LogP contribution in [0.15, 0.2) is 18.2 Å². The van der Waals surface area contributed by atoms with Gasteiger partial charge in [0.05, 0.1) is 7.11 Å². The molecule has 1 saturated carbocycles. The Balaban J connectivity index is 2.08. The van der Waals surface area contributed by atoms with Crippen LogP contribution in [0.1, 0.15) is 50.2 Å². The van der Waals surface area contributed by atoms with Crippen molar-refractivity contribution in [1.29, 1.82) is 0 Å². The molecule has 1 unspecified atom stereocenters. The van der Waals surface area contributed by atoms with Gasteiger partial charge in [-0.05, 0) is 75.9 Å². The van der Waals surface area contributed by atoms with Gasteiger partial charge in [-0.15, -0.1) is 0 Å². The fourth-order valence-electron chi connectivity index (χ4n) is 4.90. The number of methoxy groups -OCH3 is 1. The summed E-state index contributed by atoms with van der Waals surface area (Å²) in [6, 6.07) is 7.36. The zero-order valence-electron chi connectivity index (χ0n) is 14.0. The molecule has 1 aliphatic carbocycles. The van der Waals surface area contributed by atoms with Gasteiger partial charge in [0.1, 0.15) is 5.75 Å². The van der Waals surface area contributed by atoms with Crippen LogP contribution in [0.25, 0.3) is 0 Å². The first kappa shape index (κ1) is 14.9. The van der Waals surface area contributed by atoms with E-state index in [0.29, 0.717) is 11.5 Å². The molecule has 0 amide bonds. The molecule has 2 heteroatoms. The number of rotatable bonds is 2. The lowest BCUT2D eigenvalue weighted by molar-refractivity contribution is 0.0225. The Morgan fingerprint density at radius 1 is 1.24 bits per heavy atom. The summed E-state index contributed by atoms with van der Waals surface area (Å²) in [7, 11) is 4.07. The summed E-state index contributed by atoms with van der Waals surface area (Å²) in [4.78, 5) is 2.56. The van der Waals surface area contributed by atoms with Crippen molar-refractivity contribution in [3.8, 4) is 5.75 Å². The first-order chi connectivity index (χ1) is 10.1. The monoisotopic (exact) mass is 287 g/mol. The van der Waals surface area contributed by atoms with E-state index < -0.39 is 0 Å². The summed E-state index contributed by atoms with van der Waals surface area (Å²) in [5.74, 6) is 1.80. The van der Waals surface area contributed by atoms with Gasteiger partial charge in [-0.2, -0.15) is 0 Å². The topological polar surface area (TPSA) is 12.5 Å². The molecule has 3 atom stereocenters. The van der Waals surface area contributed by atoms with Crippen molar-refractivity contribution in [3.63, 3.8) is 0 Å². The van der Waals surface area contributed by atoms with Gasteiger partial charge >= 0.3 is 0 Å². The lowest BCUT2D eigenvalue weighted by Gasteiger charge is -2.54. The predicted octanol–water partition coefficient (Wildman–Crippen LogP) is 4.16. The summed E-state index contributed by atoms with van der Waals surface area (Å²) in [6.45, 7) is 5.92. The Morgan fingerprint density at radius 3 is 2.81 bits per heavy atom. The van der Waals surface area contributed by atoms with Crippen molar-refractivity contribution in [1.82, 2.24) is 4.90 Å². The van der Waals surface area contributed by atoms with Crippen LogP contribution in [-0.4, -0.2) is 31.6 Å². The fourth-order valence-corrected chi connectivity index (χ4v) is 4.90. The minimum atomic E-state index is 0.378. The number of fused-ring (bicyclic) bond motifs is 1. The number of piperidine rings is 1. The van der Waals surface area contributed by atoms with Gasteiger partial charge in [0.25, 0.3) is 0 Å². The zero-order chi connectivity index (χ0) is 15.0. The number of likely N-dealkylation sites (tertiary alicyclic amines) is 1. The van der Waals surface area contributed by atoms with Gasteiger partial charge in [0.15, 0.2) is 0 Å². The van der Waals surface area contributed by atoms with E-state index in [1.54, 1.807) is 12.7 Å². The maximum Gasteiger partial charge on any atom is 0.119 e. The molecule has 2 fully saturated rings. The summed E-state index contributed by atoms with van der Waals surface area (Å²) in [5.41, 5.74) is 3.38. The second-order valence-corrected chi connectivity index (χ2v) is 7.16. The van der Waals surface area contributed by atoms with E-state index in [4.69, 9.17) is 4.74 Å². The van der Waals surface area contributed by atoms with Crippen LogP contribution >= 0.6 is 0 Å². The van der Waals surface area contributed by atoms with Crippen LogP contribution in [0.3, 0.4) is 0 Å². The highest BCUT2D eigenvalue weighted by molar-refractivity contribution is 5.41. The minimum absolute atomic E-state index is 0.378. The number of aryl methyl sites for hydroxylation is 1. The van der Waals surface area contributed by atoms with E-state index in [9.17, 15) is 0 Å². The summed E-state index contributed by atoms with van der Waals surface area (Å²) in [5, 5.41) is 0. The average Bonchev–Trinajstić information content (AvgIpc) is 2.52. The molecule has 1 heterocycles. The Bertz CT molecular complexity index is 512. The van der Waals surface area contributed by atoms with Crippen LogP contribution in [0.4, 0.5) is 0 Å². The van der Waals surface area contributed by atoms with Gasteiger partial charge in [-0.25, -0.2) is 0 Å². The van der Waals surface area contributed by atoms with Gasteiger partial charge in [-0.3, -0.25) is 0 Å². The van der Waals surface area contributed by atoms with Gasteiger partial charge in [-0.1, -0.05) is 18.9 Å². The smallest absolute Gasteiger partial charge is 0.119 e. The molecule has 1 aliphatic heterocycles. The first-order valence-electron chi connectivity index (χ1n) is 8.44. The Kier molecular flexibility index (Phi) is 4.00. The van der Waals surface area contributed by atoms with Crippen LogP contribution in [0, 0.1) is 12.8 Å². The standard InChI is InChI=1S/C19H29NO/c1-14-8-9-16(21-4)13-18(14)19-10-6-5-7-17(19)15(2)20(3)12-11-19/h8-9,13,15,17H,5-7,10-12H2,1-4H3/t15?,17-,19+/m0/s1. The van der Waals surface area contributed by atoms with Gasteiger partial charge in [0.2, 0.25) is 0 Å². The lowest BCUT2D eigenvalue weighted by atomic mass is 9.56. The Hall–Kier alpha value is -1.02. The number of nitrogens with zero attached hydrogens (tertiary/aromatic N) is 1. The molecule has 1 aromatic carbocycles. The first-order valence-corrected chi connectivity index (χ1v) is 8.44. The lowest BCUT2D eigenvalue weighted by Crippen LogP contribution is -2.55. The fraction of sp³-hybridized carbons (Fsp3) is 0.684. The second kappa shape index (κ2) is 5.64. The number of hydrogen-bond donors (Lipinski definition) is 0. The third-order valence-electron chi connectivity index (χ3n) is 6.27. The van der Waals surface area contributed by atoms with E-state index in [2.05, 4.69) is 44.0 Å². The van der Waals surface area contributed by atoms with Crippen molar-refractivity contribution in [2.45, 2.75) is 57.4 Å². The molecule has 2 nitrogen and oxygen atoms in total. The van der Waals surface area contributed by atoms with Crippen LogP contribution < -0.4 is 4.74 Å². The third-order valence-corrected chi connectivity index (χ3v) is 6.27. The molecule has 0 spiro atoms. The van der Waals surface area contributed by atoms with E-state index in [1.165, 1.54) is 44.2 Å². The Labute approximate surface area is 129 Å². The van der Waals surface area contributed by atoms with Crippen LogP contribution in [0.5, 0.6) is 5.75 Å². The molecule has 2 aliphatic rings. The number of hydrogen-bond acceptors (Lipinski definition) is 2. The molecule has 116 valence electrons.